The second-order valence-electron chi connectivity index (χ2n) is 37.6. The summed E-state index contributed by atoms with van der Waals surface area (Å²) < 4.78 is 88.5. The molecule has 6 saturated heterocycles. The number of aromatic amines is 3. The maximum Gasteiger partial charge on any atom is 0.242 e. The lowest BCUT2D eigenvalue weighted by atomic mass is 10.0. The van der Waals surface area contributed by atoms with Crippen molar-refractivity contribution in [1.29, 1.82) is 0 Å². The molecule has 22 rings (SSSR count). The molecular formula is C102H119ClN28O9S2. The van der Waals surface area contributed by atoms with E-state index in [1.165, 1.54) is 36.8 Å². The Balaban J connectivity index is 0.000000120. The lowest BCUT2D eigenvalue weighted by Gasteiger charge is -2.34. The fourth-order valence-electron chi connectivity index (χ4n) is 19.1. The van der Waals surface area contributed by atoms with E-state index < -0.39 is 20.0 Å². The van der Waals surface area contributed by atoms with E-state index in [0.717, 1.165) is 193 Å². The molecule has 14 aromatic heterocycles. The average Bonchev–Trinajstić information content (AvgIpc) is 1.62. The van der Waals surface area contributed by atoms with Gasteiger partial charge in [-0.2, -0.15) is 15.2 Å². The van der Waals surface area contributed by atoms with Gasteiger partial charge in [-0.15, -0.1) is 0 Å². The van der Waals surface area contributed by atoms with E-state index in [2.05, 4.69) is 146 Å². The molecule has 6 aliphatic heterocycles. The van der Waals surface area contributed by atoms with Crippen LogP contribution in [0.2, 0.25) is 5.15 Å². The van der Waals surface area contributed by atoms with Crippen LogP contribution in [-0.4, -0.2) is 289 Å². The minimum Gasteiger partial charge on any atom is -0.481 e. The van der Waals surface area contributed by atoms with Gasteiger partial charge in [-0.05, 0) is 147 Å². The van der Waals surface area contributed by atoms with Crippen molar-refractivity contribution in [2.45, 2.75) is 116 Å². The highest BCUT2D eigenvalue weighted by atomic mass is 35.5. The number of methoxy groups -OCH3 is 1. The van der Waals surface area contributed by atoms with E-state index in [4.69, 9.17) is 85.1 Å². The Morgan fingerprint density at radius 2 is 0.845 bits per heavy atom. The number of anilines is 4. The molecule has 2 aromatic carbocycles. The van der Waals surface area contributed by atoms with E-state index in [1.54, 1.807) is 49.7 Å². The number of H-pyrrole nitrogens is 3. The first-order valence-corrected chi connectivity index (χ1v) is 51.2. The Morgan fingerprint density at radius 1 is 0.444 bits per heavy atom. The first kappa shape index (κ1) is 97.6. The van der Waals surface area contributed by atoms with Crippen LogP contribution in [0.25, 0.3) is 135 Å². The molecule has 0 radical (unpaired) electrons. The Kier molecular flexibility index (Phi) is 28.2. The Morgan fingerprint density at radius 3 is 1.23 bits per heavy atom. The highest BCUT2D eigenvalue weighted by Crippen LogP contribution is 2.42. The van der Waals surface area contributed by atoms with Crippen molar-refractivity contribution in [2.75, 3.05) is 160 Å². The number of halogens is 1. The third-order valence-electron chi connectivity index (χ3n) is 27.3. The van der Waals surface area contributed by atoms with Crippen molar-refractivity contribution in [3.63, 3.8) is 0 Å². The van der Waals surface area contributed by atoms with Crippen molar-refractivity contribution in [3.8, 4) is 96.5 Å². The normalized spacial score (nSPS) is 17.7. The van der Waals surface area contributed by atoms with Gasteiger partial charge in [-0.25, -0.2) is 80.3 Å². The summed E-state index contributed by atoms with van der Waals surface area (Å²) in [4.78, 5) is 74.0. The number of hydrogen-bond donors (Lipinski definition) is 5. The molecule has 0 aliphatic carbocycles. The van der Waals surface area contributed by atoms with E-state index in [0.29, 0.717) is 140 Å². The number of morpholine rings is 4. The fraction of sp³-hybridized carbons (Fsp3) is 0.392. The first-order valence-electron chi connectivity index (χ1n) is 47.9. The van der Waals surface area contributed by atoms with Crippen LogP contribution in [0.5, 0.6) is 5.88 Å². The predicted molar refractivity (Wildman–Crippen MR) is 551 cm³/mol. The lowest BCUT2D eigenvalue weighted by Crippen LogP contribution is -2.44. The number of nitrogens with zero attached hydrogens (tertiary/aromatic N) is 23. The minimum atomic E-state index is -3.62. The highest BCUT2D eigenvalue weighted by Gasteiger charge is 2.33. The summed E-state index contributed by atoms with van der Waals surface area (Å²) in [6, 6.07) is 34.7. The molecule has 0 bridgehead atoms. The maximum atomic E-state index is 12.9. The van der Waals surface area contributed by atoms with Gasteiger partial charge in [0.25, 0.3) is 0 Å². The molecule has 37 nitrogen and oxygen atoms in total. The smallest absolute Gasteiger partial charge is 0.242 e. The quantitative estimate of drug-likeness (QED) is 0.0417. The van der Waals surface area contributed by atoms with E-state index in [-0.39, 0.29) is 34.0 Å². The zero-order valence-corrected chi connectivity index (χ0v) is 85.1. The largest absolute Gasteiger partial charge is 0.481 e. The van der Waals surface area contributed by atoms with Gasteiger partial charge < -0.3 is 73.0 Å². The molecular weight excluding hydrogens is 1860 g/mol. The number of pyridine rings is 4. The van der Waals surface area contributed by atoms with Crippen LogP contribution < -0.4 is 35.0 Å². The summed E-state index contributed by atoms with van der Waals surface area (Å²) in [5.41, 5.74) is 19.2. The van der Waals surface area contributed by atoms with Crippen LogP contribution in [0.15, 0.2) is 156 Å². The average molecular weight is 1980 g/mol. The molecule has 0 saturated carbocycles. The molecule has 0 amide bonds. The molecule has 0 spiro atoms. The number of benzene rings is 2. The summed E-state index contributed by atoms with van der Waals surface area (Å²) in [5, 5.41) is 23.1. The van der Waals surface area contributed by atoms with Gasteiger partial charge in [-0.3, -0.25) is 9.78 Å². The number of aryl methyl sites for hydroxylation is 6. The van der Waals surface area contributed by atoms with Gasteiger partial charge in [-0.1, -0.05) is 23.7 Å². The SMILES string of the molecule is COc1cc(-c2nc(-c3cc(S(=O)(=O)N(C)C)ccc3C)cc(N3CCOC[C@H]3C)n2)c2cc[nH]c2n1.Cc1ccc(S(=O)(=O)N(C)C)cc1-c1cc(N2CCOC[C@H]2C)nc(-c2cc(Cl)nc3[nH]ccc23)n1.Cc1n[nH]c(C)c1-c1cc(N2CCOC[C@H]2C)nc(-c2ccnc3c2ccn3CC2CNC2)n1.Cc1nn(C)c(C)c1-c1cc(N2CCOC[C@H]2C)nc(-c2ccnc3c2ccn3CC2CNC2)n1. The van der Waals surface area contributed by atoms with E-state index in [9.17, 15) is 16.8 Å². The van der Waals surface area contributed by atoms with Crippen LogP contribution in [-0.2, 0) is 59.1 Å². The molecule has 20 heterocycles. The molecule has 5 N–H and O–H groups in total. The van der Waals surface area contributed by atoms with Gasteiger partial charge in [0.15, 0.2) is 23.3 Å². The van der Waals surface area contributed by atoms with Crippen LogP contribution in [0.4, 0.5) is 23.3 Å². The third-order valence-corrected chi connectivity index (χ3v) is 31.1. The van der Waals surface area contributed by atoms with Crippen molar-refractivity contribution in [1.82, 2.24) is 118 Å². The summed E-state index contributed by atoms with van der Waals surface area (Å²) in [6.07, 6.45) is 11.6. The summed E-state index contributed by atoms with van der Waals surface area (Å²) in [6.45, 7) is 34.9. The van der Waals surface area contributed by atoms with Crippen LogP contribution >= 0.6 is 11.6 Å². The predicted octanol–water partition coefficient (Wildman–Crippen LogP) is 13.5. The van der Waals surface area contributed by atoms with Gasteiger partial charge in [0.1, 0.15) is 51.0 Å². The maximum absolute atomic E-state index is 12.9. The molecule has 40 heteroatoms. The van der Waals surface area contributed by atoms with Gasteiger partial charge in [0, 0.05) is 257 Å². The number of ether oxygens (including phenoxy) is 5. The standard InChI is InChI=1S/C26H32N8O.C26H30N6O4S.C25H27ClN6O3S.C25H30N8O/c1-16-15-35-10-9-34(16)23-11-22(24-17(2)31-32(4)18(24)3)29-25(30-23)20-5-7-28-26-21(20)6-8-33(26)14-19-12-27-13-19;1-16-6-7-18(37(33,34)31(3)4)12-20(16)22-14-23(32-10-11-36-15-17(32)2)29-26(28-22)21-13-24(35-5)30-25-19(21)8-9-27-25;1-15-5-6-17(36(33,34)31(3)4)11-19(15)21-13-23(32-9-10-35-14-16(32)2)30-25(28-21)20-12-22(26)29-24-18(20)7-8-27-24;1-15-14-34-9-8-33(15)22-10-21(23-16(2)30-31-17(23)3)28-24(29-22)19-4-6-27-25-20(19)5-7-32(25)13-18-11-26-12-18/h5-8,11,16,19,27H,9-10,12-15H2,1-4H3;6-9,12-14,17H,10-11,15H2,1-5H3,(H,27,30);5-8,11-13,16H,9-10,14H2,1-4H3,(H,27,29);4-7,10,15,18,26H,8-9,11-14H2,1-3H3,(H,30,31)/t16-;17-;16-;15-/m1111/s1. The van der Waals surface area contributed by atoms with Crippen molar-refractivity contribution in [3.05, 3.63) is 185 Å². The number of hydrogen-bond acceptors (Lipinski definition) is 29. The van der Waals surface area contributed by atoms with Crippen LogP contribution in [0, 0.1) is 53.4 Å². The van der Waals surface area contributed by atoms with Gasteiger partial charge >= 0.3 is 0 Å². The Bertz CT molecular complexity index is 7600. The van der Waals surface area contributed by atoms with Crippen molar-refractivity contribution >= 4 is 99.1 Å². The van der Waals surface area contributed by atoms with Gasteiger partial charge in [0.05, 0.1) is 128 Å². The molecule has 142 heavy (non-hydrogen) atoms. The van der Waals surface area contributed by atoms with Gasteiger partial charge in [0.2, 0.25) is 25.9 Å². The number of sulfonamides is 2. The number of nitrogens with one attached hydrogen (secondary N) is 5. The van der Waals surface area contributed by atoms with Crippen LogP contribution in [0.1, 0.15) is 61.6 Å². The van der Waals surface area contributed by atoms with E-state index >= 15 is 0 Å². The zero-order valence-electron chi connectivity index (χ0n) is 82.7. The molecule has 16 aromatic rings. The van der Waals surface area contributed by atoms with Crippen molar-refractivity contribution < 1.29 is 40.5 Å². The summed E-state index contributed by atoms with van der Waals surface area (Å²) >= 11 is 6.34. The minimum absolute atomic E-state index is 0.115. The number of fused-ring (bicyclic) bond motifs is 4. The third kappa shape index (κ3) is 19.9. The zero-order chi connectivity index (χ0) is 99.3. The molecule has 6 fully saturated rings. The first-order chi connectivity index (χ1) is 68.4. The fourth-order valence-corrected chi connectivity index (χ4v) is 21.1. The summed E-state index contributed by atoms with van der Waals surface area (Å²) in [7, 11) is 2.39. The molecule has 6 aliphatic rings. The molecule has 0 unspecified atom stereocenters. The Labute approximate surface area is 829 Å². The molecule has 4 atom stereocenters. The van der Waals surface area contributed by atoms with E-state index in [1.807, 2.05) is 113 Å². The monoisotopic (exact) mass is 1980 g/mol. The van der Waals surface area contributed by atoms with Crippen LogP contribution in [0.3, 0.4) is 0 Å². The Hall–Kier alpha value is -13.2. The molecule has 740 valence electrons. The van der Waals surface area contributed by atoms with Crippen molar-refractivity contribution in [2.24, 2.45) is 18.9 Å². The summed E-state index contributed by atoms with van der Waals surface area (Å²) in [5.74, 6) is 7.48. The topological polar surface area (TPSA) is 401 Å². The second-order valence-corrected chi connectivity index (χ2v) is 42.3. The highest BCUT2D eigenvalue weighted by molar-refractivity contribution is 7.89. The number of rotatable bonds is 21. The lowest BCUT2D eigenvalue weighted by molar-refractivity contribution is 0.0985. The second kappa shape index (κ2) is 41.0. The number of aromatic nitrogens is 20.